The Labute approximate surface area is 88.2 Å². The standard InChI is InChI=1S/C10H13ClO3/c1-2-13-7-14-10-4-3-8(6-12)5-9(10)11/h3-5,12H,2,6-7H2,1H3. The molecule has 0 atom stereocenters. The molecule has 0 spiro atoms. The van der Waals surface area contributed by atoms with Crippen molar-refractivity contribution in [3.63, 3.8) is 0 Å². The summed E-state index contributed by atoms with van der Waals surface area (Å²) in [6, 6.07) is 5.14. The predicted octanol–water partition coefficient (Wildman–Crippen LogP) is 2.21. The maximum Gasteiger partial charge on any atom is 0.189 e. The van der Waals surface area contributed by atoms with E-state index in [0.29, 0.717) is 17.4 Å². The van der Waals surface area contributed by atoms with E-state index in [1.54, 1.807) is 18.2 Å². The average molecular weight is 217 g/mol. The Morgan fingerprint density at radius 3 is 2.79 bits per heavy atom. The second-order valence-electron chi connectivity index (χ2n) is 2.68. The molecule has 4 heteroatoms. The average Bonchev–Trinajstić information content (AvgIpc) is 2.20. The van der Waals surface area contributed by atoms with Crippen LogP contribution in [0.1, 0.15) is 12.5 Å². The van der Waals surface area contributed by atoms with Gasteiger partial charge in [0, 0.05) is 6.61 Å². The van der Waals surface area contributed by atoms with Gasteiger partial charge in [0.25, 0.3) is 0 Å². The molecule has 1 aromatic carbocycles. The van der Waals surface area contributed by atoms with Gasteiger partial charge in [-0.3, -0.25) is 0 Å². The summed E-state index contributed by atoms with van der Waals surface area (Å²) in [5, 5.41) is 9.33. The summed E-state index contributed by atoms with van der Waals surface area (Å²) >= 11 is 5.90. The summed E-state index contributed by atoms with van der Waals surface area (Å²) in [6.07, 6.45) is 0. The first-order chi connectivity index (χ1) is 6.77. The third kappa shape index (κ3) is 3.18. The number of ether oxygens (including phenoxy) is 2. The van der Waals surface area contributed by atoms with E-state index in [1.807, 2.05) is 6.92 Å². The van der Waals surface area contributed by atoms with Gasteiger partial charge in [0.05, 0.1) is 11.6 Å². The number of hydrogen-bond acceptors (Lipinski definition) is 3. The molecule has 1 aromatic rings. The summed E-state index contributed by atoms with van der Waals surface area (Å²) in [4.78, 5) is 0. The van der Waals surface area contributed by atoms with Crippen LogP contribution < -0.4 is 4.74 Å². The van der Waals surface area contributed by atoms with Gasteiger partial charge >= 0.3 is 0 Å². The number of hydrogen-bond donors (Lipinski definition) is 1. The van der Waals surface area contributed by atoms with E-state index >= 15 is 0 Å². The van der Waals surface area contributed by atoms with Gasteiger partial charge in [-0.15, -0.1) is 0 Å². The van der Waals surface area contributed by atoms with Crippen LogP contribution in [0.3, 0.4) is 0 Å². The molecule has 1 N–H and O–H groups in total. The molecule has 0 fully saturated rings. The van der Waals surface area contributed by atoms with Gasteiger partial charge in [-0.25, -0.2) is 0 Å². The first kappa shape index (κ1) is 11.3. The minimum absolute atomic E-state index is 0.0224. The van der Waals surface area contributed by atoms with Crippen molar-refractivity contribution in [1.82, 2.24) is 0 Å². The van der Waals surface area contributed by atoms with Crippen LogP contribution >= 0.6 is 11.6 Å². The Balaban J connectivity index is 2.59. The van der Waals surface area contributed by atoms with Gasteiger partial charge in [-0.05, 0) is 24.6 Å². The van der Waals surface area contributed by atoms with Gasteiger partial charge in [-0.1, -0.05) is 17.7 Å². The van der Waals surface area contributed by atoms with E-state index in [2.05, 4.69) is 0 Å². The highest BCUT2D eigenvalue weighted by Crippen LogP contribution is 2.25. The first-order valence-corrected chi connectivity index (χ1v) is 4.75. The van der Waals surface area contributed by atoms with Crippen LogP contribution in [0.4, 0.5) is 0 Å². The Morgan fingerprint density at radius 1 is 1.43 bits per heavy atom. The first-order valence-electron chi connectivity index (χ1n) is 4.37. The molecule has 0 aliphatic heterocycles. The molecule has 0 aliphatic carbocycles. The molecule has 0 saturated heterocycles. The van der Waals surface area contributed by atoms with Gasteiger partial charge < -0.3 is 14.6 Å². The topological polar surface area (TPSA) is 38.7 Å². The summed E-state index contributed by atoms with van der Waals surface area (Å²) in [7, 11) is 0. The van der Waals surface area contributed by atoms with Crippen LogP contribution in [-0.4, -0.2) is 18.5 Å². The van der Waals surface area contributed by atoms with Crippen molar-refractivity contribution >= 4 is 11.6 Å². The molecule has 0 saturated carbocycles. The van der Waals surface area contributed by atoms with Crippen molar-refractivity contribution in [2.45, 2.75) is 13.5 Å². The lowest BCUT2D eigenvalue weighted by atomic mass is 10.2. The zero-order valence-electron chi connectivity index (χ0n) is 8.00. The summed E-state index contributed by atoms with van der Waals surface area (Å²) in [5.74, 6) is 0.567. The van der Waals surface area contributed by atoms with Crippen LogP contribution in [0.5, 0.6) is 5.75 Å². The largest absolute Gasteiger partial charge is 0.466 e. The van der Waals surface area contributed by atoms with Crippen molar-refractivity contribution in [1.29, 1.82) is 0 Å². The lowest BCUT2D eigenvalue weighted by molar-refractivity contribution is 0.0224. The third-order valence-electron chi connectivity index (χ3n) is 1.68. The smallest absolute Gasteiger partial charge is 0.189 e. The fourth-order valence-corrected chi connectivity index (χ4v) is 1.21. The molecule has 0 aliphatic rings. The lowest BCUT2D eigenvalue weighted by Gasteiger charge is -2.08. The molecule has 0 heterocycles. The number of rotatable bonds is 5. The zero-order chi connectivity index (χ0) is 10.4. The van der Waals surface area contributed by atoms with Gasteiger partial charge in [-0.2, -0.15) is 0 Å². The molecule has 14 heavy (non-hydrogen) atoms. The predicted molar refractivity (Wildman–Crippen MR) is 54.5 cm³/mol. The molecule has 0 bridgehead atoms. The molecule has 1 rings (SSSR count). The molecule has 0 unspecified atom stereocenters. The lowest BCUT2D eigenvalue weighted by Crippen LogP contribution is -2.02. The second-order valence-corrected chi connectivity index (χ2v) is 3.09. The third-order valence-corrected chi connectivity index (χ3v) is 1.98. The van der Waals surface area contributed by atoms with Gasteiger partial charge in [0.2, 0.25) is 0 Å². The SMILES string of the molecule is CCOCOc1ccc(CO)cc1Cl. The van der Waals surface area contributed by atoms with E-state index in [-0.39, 0.29) is 13.4 Å². The number of aliphatic hydroxyl groups is 1. The maximum absolute atomic E-state index is 8.84. The van der Waals surface area contributed by atoms with E-state index in [0.717, 1.165) is 5.56 Å². The minimum atomic E-state index is -0.0224. The number of halogens is 1. The molecule has 0 radical (unpaired) electrons. The zero-order valence-corrected chi connectivity index (χ0v) is 8.75. The van der Waals surface area contributed by atoms with Crippen LogP contribution in [0, 0.1) is 0 Å². The number of benzene rings is 1. The van der Waals surface area contributed by atoms with Crippen LogP contribution in [0.2, 0.25) is 5.02 Å². The maximum atomic E-state index is 8.84. The van der Waals surface area contributed by atoms with Crippen molar-refractivity contribution < 1.29 is 14.6 Å². The summed E-state index contributed by atoms with van der Waals surface area (Å²) in [6.45, 7) is 2.66. The molecular formula is C10H13ClO3. The van der Waals surface area contributed by atoms with Gasteiger partial charge in [0.1, 0.15) is 5.75 Å². The molecule has 0 amide bonds. The molecule has 3 nitrogen and oxygen atoms in total. The highest BCUT2D eigenvalue weighted by molar-refractivity contribution is 6.32. The van der Waals surface area contributed by atoms with Crippen LogP contribution in [0.15, 0.2) is 18.2 Å². The fraction of sp³-hybridized carbons (Fsp3) is 0.400. The Kier molecular flexibility index (Phi) is 4.73. The normalized spacial score (nSPS) is 10.2. The van der Waals surface area contributed by atoms with E-state index in [4.69, 9.17) is 26.2 Å². The second kappa shape index (κ2) is 5.86. The fourth-order valence-electron chi connectivity index (χ4n) is 0.948. The van der Waals surface area contributed by atoms with E-state index in [9.17, 15) is 0 Å². The minimum Gasteiger partial charge on any atom is -0.466 e. The Morgan fingerprint density at radius 2 is 2.21 bits per heavy atom. The van der Waals surface area contributed by atoms with Crippen molar-refractivity contribution in [2.75, 3.05) is 13.4 Å². The quantitative estimate of drug-likeness (QED) is 0.606. The van der Waals surface area contributed by atoms with E-state index in [1.165, 1.54) is 0 Å². The van der Waals surface area contributed by atoms with E-state index < -0.39 is 0 Å². The highest BCUT2D eigenvalue weighted by Gasteiger charge is 2.02. The summed E-state index contributed by atoms with van der Waals surface area (Å²) < 4.78 is 10.3. The Hall–Kier alpha value is -0.770. The van der Waals surface area contributed by atoms with Crippen molar-refractivity contribution in [3.8, 4) is 5.75 Å². The van der Waals surface area contributed by atoms with Crippen molar-refractivity contribution in [2.24, 2.45) is 0 Å². The van der Waals surface area contributed by atoms with Crippen molar-refractivity contribution in [3.05, 3.63) is 28.8 Å². The van der Waals surface area contributed by atoms with Gasteiger partial charge in [0.15, 0.2) is 6.79 Å². The van der Waals surface area contributed by atoms with Crippen LogP contribution in [-0.2, 0) is 11.3 Å². The molecule has 78 valence electrons. The Bertz CT molecular complexity index is 289. The molecule has 0 aromatic heterocycles. The highest BCUT2D eigenvalue weighted by atomic mass is 35.5. The monoisotopic (exact) mass is 216 g/mol. The molecular weight excluding hydrogens is 204 g/mol. The number of aliphatic hydroxyl groups excluding tert-OH is 1. The summed E-state index contributed by atoms with van der Waals surface area (Å²) in [5.41, 5.74) is 0.763. The van der Waals surface area contributed by atoms with Crippen LogP contribution in [0.25, 0.3) is 0 Å².